The molecule has 0 radical (unpaired) electrons. The third-order valence-electron chi connectivity index (χ3n) is 2.49. The van der Waals surface area contributed by atoms with E-state index in [-0.39, 0.29) is 6.54 Å². The molecule has 1 aromatic rings. The molecule has 1 amide bonds. The highest BCUT2D eigenvalue weighted by Gasteiger charge is 2.34. The van der Waals surface area contributed by atoms with Crippen molar-refractivity contribution in [2.24, 2.45) is 5.73 Å². The number of nitrogens with zero attached hydrogens (tertiary/aromatic N) is 1. The summed E-state index contributed by atoms with van der Waals surface area (Å²) in [6.07, 6.45) is -4.41. The van der Waals surface area contributed by atoms with Crippen molar-refractivity contribution in [3.63, 3.8) is 0 Å². The van der Waals surface area contributed by atoms with Gasteiger partial charge >= 0.3 is 6.18 Å². The predicted octanol–water partition coefficient (Wildman–Crippen LogP) is 2.10. The van der Waals surface area contributed by atoms with Gasteiger partial charge in [-0.1, -0.05) is 30.3 Å². The van der Waals surface area contributed by atoms with Crippen molar-refractivity contribution in [3.05, 3.63) is 35.9 Å². The molecule has 18 heavy (non-hydrogen) atoms. The van der Waals surface area contributed by atoms with Crippen LogP contribution in [0.2, 0.25) is 0 Å². The van der Waals surface area contributed by atoms with Crippen molar-refractivity contribution < 1.29 is 18.0 Å². The fourth-order valence-corrected chi connectivity index (χ4v) is 1.56. The van der Waals surface area contributed by atoms with E-state index in [0.29, 0.717) is 10.5 Å². The van der Waals surface area contributed by atoms with Crippen LogP contribution in [0.3, 0.4) is 0 Å². The van der Waals surface area contributed by atoms with Crippen LogP contribution in [0.25, 0.3) is 0 Å². The topological polar surface area (TPSA) is 46.3 Å². The maximum Gasteiger partial charge on any atom is 0.406 e. The highest BCUT2D eigenvalue weighted by molar-refractivity contribution is 5.83. The lowest BCUT2D eigenvalue weighted by molar-refractivity contribution is -0.161. The summed E-state index contributed by atoms with van der Waals surface area (Å²) in [6, 6.07) is 7.28. The van der Waals surface area contributed by atoms with Crippen molar-refractivity contribution in [2.75, 3.05) is 13.1 Å². The number of carbonyl (C=O) groups is 1. The molecule has 0 aliphatic rings. The van der Waals surface area contributed by atoms with Crippen LogP contribution in [0.15, 0.2) is 30.3 Å². The van der Waals surface area contributed by atoms with Crippen molar-refractivity contribution in [1.29, 1.82) is 0 Å². The van der Waals surface area contributed by atoms with Gasteiger partial charge in [0.05, 0.1) is 0 Å². The number of halogens is 3. The molecule has 0 heterocycles. The van der Waals surface area contributed by atoms with Crippen molar-refractivity contribution in [3.8, 4) is 0 Å². The lowest BCUT2D eigenvalue weighted by Gasteiger charge is -2.25. The summed E-state index contributed by atoms with van der Waals surface area (Å²) in [6.45, 7) is 0.184. The van der Waals surface area contributed by atoms with Crippen LogP contribution in [0.4, 0.5) is 13.2 Å². The second-order valence-corrected chi connectivity index (χ2v) is 3.86. The molecule has 1 atom stereocenters. The van der Waals surface area contributed by atoms with Gasteiger partial charge in [-0.3, -0.25) is 4.79 Å². The molecule has 1 aromatic carbocycles. The van der Waals surface area contributed by atoms with Gasteiger partial charge in [0.1, 0.15) is 12.6 Å². The van der Waals surface area contributed by atoms with Gasteiger partial charge in [-0.25, -0.2) is 0 Å². The number of amides is 1. The molecule has 100 valence electrons. The molecule has 2 N–H and O–H groups in total. The molecule has 6 heteroatoms. The van der Waals surface area contributed by atoms with Gasteiger partial charge in [-0.05, 0) is 12.5 Å². The zero-order valence-corrected chi connectivity index (χ0v) is 9.95. The van der Waals surface area contributed by atoms with E-state index in [1.807, 2.05) is 0 Å². The minimum atomic E-state index is -4.41. The summed E-state index contributed by atoms with van der Waals surface area (Å²) in [4.78, 5) is 12.6. The van der Waals surface area contributed by atoms with Gasteiger partial charge < -0.3 is 10.6 Å². The zero-order valence-electron chi connectivity index (χ0n) is 9.95. The Balaban J connectivity index is 2.79. The number of alkyl halides is 3. The molecule has 0 unspecified atom stereocenters. The largest absolute Gasteiger partial charge is 0.406 e. The number of hydrogen-bond donors (Lipinski definition) is 1. The van der Waals surface area contributed by atoms with Gasteiger partial charge in [-0.15, -0.1) is 0 Å². The van der Waals surface area contributed by atoms with Crippen molar-refractivity contribution >= 4 is 5.91 Å². The molecule has 0 aliphatic heterocycles. The summed E-state index contributed by atoms with van der Waals surface area (Å²) in [7, 11) is 0. The summed E-state index contributed by atoms with van der Waals surface area (Å²) >= 11 is 0. The minimum absolute atomic E-state index is 0.0289. The number of carbonyl (C=O) groups excluding carboxylic acids is 1. The fourth-order valence-electron chi connectivity index (χ4n) is 1.56. The zero-order chi connectivity index (χ0) is 13.8. The third kappa shape index (κ3) is 4.03. The van der Waals surface area contributed by atoms with E-state index in [2.05, 4.69) is 0 Å². The predicted molar refractivity (Wildman–Crippen MR) is 61.7 cm³/mol. The Morgan fingerprint density at radius 3 is 2.33 bits per heavy atom. The Bertz CT molecular complexity index is 392. The first kappa shape index (κ1) is 14.5. The standard InChI is InChI=1S/C12H15F3N2O/c1-2-17(8-12(13,14)15)11(18)10(16)9-6-4-3-5-7-9/h3-7,10H,2,8,16H2,1H3/t10-/m1/s1. The third-order valence-corrected chi connectivity index (χ3v) is 2.49. The van der Waals surface area contributed by atoms with E-state index in [1.165, 1.54) is 6.92 Å². The second-order valence-electron chi connectivity index (χ2n) is 3.86. The molecule has 3 nitrogen and oxygen atoms in total. The van der Waals surface area contributed by atoms with Gasteiger partial charge in [0.15, 0.2) is 0 Å². The van der Waals surface area contributed by atoms with Crippen LogP contribution in [0.1, 0.15) is 18.5 Å². The summed E-state index contributed by atoms with van der Waals surface area (Å²) in [5.41, 5.74) is 6.18. The average molecular weight is 260 g/mol. The van der Waals surface area contributed by atoms with Gasteiger partial charge in [0.25, 0.3) is 0 Å². The Hall–Kier alpha value is -1.56. The van der Waals surface area contributed by atoms with Crippen LogP contribution < -0.4 is 5.73 Å². The Morgan fingerprint density at radius 2 is 1.89 bits per heavy atom. The maximum absolute atomic E-state index is 12.3. The van der Waals surface area contributed by atoms with E-state index < -0.39 is 24.7 Å². The van der Waals surface area contributed by atoms with Gasteiger partial charge in [0.2, 0.25) is 5.91 Å². The van der Waals surface area contributed by atoms with Gasteiger partial charge in [0, 0.05) is 6.54 Å². The van der Waals surface area contributed by atoms with Crippen LogP contribution in [0.5, 0.6) is 0 Å². The minimum Gasteiger partial charge on any atom is -0.332 e. The number of benzene rings is 1. The summed E-state index contributed by atoms with van der Waals surface area (Å²) < 4.78 is 36.9. The monoisotopic (exact) mass is 260 g/mol. The highest BCUT2D eigenvalue weighted by atomic mass is 19.4. The highest BCUT2D eigenvalue weighted by Crippen LogP contribution is 2.19. The molecule has 0 spiro atoms. The first-order valence-electron chi connectivity index (χ1n) is 5.51. The molecule has 0 bridgehead atoms. The van der Waals surface area contributed by atoms with E-state index in [9.17, 15) is 18.0 Å². The van der Waals surface area contributed by atoms with Crippen LogP contribution >= 0.6 is 0 Å². The molecule has 0 aromatic heterocycles. The molecule has 0 aliphatic carbocycles. The van der Waals surface area contributed by atoms with Crippen LogP contribution in [-0.2, 0) is 4.79 Å². The molecule has 0 saturated heterocycles. The maximum atomic E-state index is 12.3. The number of likely N-dealkylation sites (N-methyl/N-ethyl adjacent to an activating group) is 1. The second kappa shape index (κ2) is 5.86. The normalized spacial score (nSPS) is 13.2. The SMILES string of the molecule is CCN(CC(F)(F)F)C(=O)[C@H](N)c1ccccc1. The first-order valence-corrected chi connectivity index (χ1v) is 5.51. The van der Waals surface area contributed by atoms with E-state index in [1.54, 1.807) is 30.3 Å². The molecule has 0 saturated carbocycles. The summed E-state index contributed by atoms with van der Waals surface area (Å²) in [5, 5.41) is 0. The quantitative estimate of drug-likeness (QED) is 0.901. The number of hydrogen-bond acceptors (Lipinski definition) is 2. The number of rotatable bonds is 4. The Kier molecular flexibility index (Phi) is 4.72. The molecule has 0 fully saturated rings. The fraction of sp³-hybridized carbons (Fsp3) is 0.417. The molecular weight excluding hydrogens is 245 g/mol. The lowest BCUT2D eigenvalue weighted by Crippen LogP contribution is -2.43. The Labute approximate surface area is 103 Å². The van der Waals surface area contributed by atoms with E-state index >= 15 is 0 Å². The molecule has 1 rings (SSSR count). The van der Waals surface area contributed by atoms with Crippen LogP contribution in [0, 0.1) is 0 Å². The average Bonchev–Trinajstić information content (AvgIpc) is 2.34. The lowest BCUT2D eigenvalue weighted by atomic mass is 10.1. The first-order chi connectivity index (χ1) is 8.35. The smallest absolute Gasteiger partial charge is 0.332 e. The van der Waals surface area contributed by atoms with E-state index in [4.69, 9.17) is 5.73 Å². The van der Waals surface area contributed by atoms with E-state index in [0.717, 1.165) is 0 Å². The van der Waals surface area contributed by atoms with Crippen molar-refractivity contribution in [2.45, 2.75) is 19.1 Å². The number of nitrogens with two attached hydrogens (primary N) is 1. The van der Waals surface area contributed by atoms with Crippen molar-refractivity contribution in [1.82, 2.24) is 4.90 Å². The van der Waals surface area contributed by atoms with Gasteiger partial charge in [-0.2, -0.15) is 13.2 Å². The molecular formula is C12H15F3N2O. The summed E-state index contributed by atoms with van der Waals surface area (Å²) in [5.74, 6) is -0.721. The Morgan fingerprint density at radius 1 is 1.33 bits per heavy atom. The van der Waals surface area contributed by atoms with Crippen LogP contribution in [-0.4, -0.2) is 30.1 Å².